The van der Waals surface area contributed by atoms with E-state index in [1.807, 2.05) is 0 Å². The zero-order valence-corrected chi connectivity index (χ0v) is 8.42. The summed E-state index contributed by atoms with van der Waals surface area (Å²) in [5.74, 6) is -0.145. The van der Waals surface area contributed by atoms with Crippen LogP contribution in [0.15, 0.2) is 0 Å². The topological polar surface area (TPSA) is 81.6 Å². The first-order chi connectivity index (χ1) is 6.61. The van der Waals surface area contributed by atoms with Crippen molar-refractivity contribution in [2.75, 3.05) is 19.8 Å². The van der Waals surface area contributed by atoms with E-state index in [0.29, 0.717) is 0 Å². The van der Waals surface area contributed by atoms with Crippen molar-refractivity contribution >= 4 is 5.91 Å². The molecule has 0 aromatic heterocycles. The van der Waals surface area contributed by atoms with Gasteiger partial charge in [0.15, 0.2) is 0 Å². The molecule has 1 saturated heterocycles. The second-order valence-corrected chi connectivity index (χ2v) is 4.02. The van der Waals surface area contributed by atoms with Gasteiger partial charge in [-0.05, 0) is 26.3 Å². The SMILES string of the molecule is CC(CO)(CO)NC(=O)C1CCCN1. The molecule has 1 aliphatic heterocycles. The van der Waals surface area contributed by atoms with Gasteiger partial charge in [0, 0.05) is 0 Å². The molecular formula is C9H18N2O3. The summed E-state index contributed by atoms with van der Waals surface area (Å²) < 4.78 is 0. The average Bonchev–Trinajstić information content (AvgIpc) is 2.70. The van der Waals surface area contributed by atoms with Crippen LogP contribution in [0.1, 0.15) is 19.8 Å². The molecule has 1 aliphatic rings. The molecule has 5 nitrogen and oxygen atoms in total. The highest BCUT2D eigenvalue weighted by Gasteiger charge is 2.29. The van der Waals surface area contributed by atoms with Crippen molar-refractivity contribution in [3.63, 3.8) is 0 Å². The fraction of sp³-hybridized carbons (Fsp3) is 0.889. The van der Waals surface area contributed by atoms with Crippen LogP contribution < -0.4 is 10.6 Å². The second kappa shape index (κ2) is 4.72. The molecule has 0 aliphatic carbocycles. The van der Waals surface area contributed by atoms with E-state index in [9.17, 15) is 4.79 Å². The highest BCUT2D eigenvalue weighted by atomic mass is 16.3. The van der Waals surface area contributed by atoms with Gasteiger partial charge < -0.3 is 20.8 Å². The first-order valence-electron chi connectivity index (χ1n) is 4.88. The number of amides is 1. The Kier molecular flexibility index (Phi) is 3.86. The van der Waals surface area contributed by atoms with E-state index in [2.05, 4.69) is 10.6 Å². The van der Waals surface area contributed by atoms with E-state index in [1.54, 1.807) is 6.92 Å². The lowest BCUT2D eigenvalue weighted by Gasteiger charge is -2.27. The van der Waals surface area contributed by atoms with Crippen molar-refractivity contribution in [1.29, 1.82) is 0 Å². The monoisotopic (exact) mass is 202 g/mol. The predicted molar refractivity (Wildman–Crippen MR) is 51.7 cm³/mol. The normalized spacial score (nSPS) is 22.4. The van der Waals surface area contributed by atoms with Crippen molar-refractivity contribution in [2.24, 2.45) is 0 Å². The zero-order valence-electron chi connectivity index (χ0n) is 8.42. The molecule has 0 spiro atoms. The lowest BCUT2D eigenvalue weighted by Crippen LogP contribution is -2.56. The third kappa shape index (κ3) is 2.67. The van der Waals surface area contributed by atoms with Crippen molar-refractivity contribution < 1.29 is 15.0 Å². The Bertz CT molecular complexity index is 198. The van der Waals surface area contributed by atoms with Gasteiger partial charge in [0.2, 0.25) is 5.91 Å². The minimum Gasteiger partial charge on any atom is -0.394 e. The van der Waals surface area contributed by atoms with Crippen LogP contribution in [0, 0.1) is 0 Å². The number of aliphatic hydroxyl groups is 2. The summed E-state index contributed by atoms with van der Waals surface area (Å²) in [7, 11) is 0. The van der Waals surface area contributed by atoms with E-state index < -0.39 is 5.54 Å². The molecule has 0 radical (unpaired) electrons. The van der Waals surface area contributed by atoms with Gasteiger partial charge in [-0.15, -0.1) is 0 Å². The second-order valence-electron chi connectivity index (χ2n) is 4.02. The highest BCUT2D eigenvalue weighted by molar-refractivity contribution is 5.82. The van der Waals surface area contributed by atoms with Gasteiger partial charge in [0.05, 0.1) is 24.8 Å². The number of carbonyl (C=O) groups excluding carboxylic acids is 1. The molecule has 5 heteroatoms. The number of hydrogen-bond acceptors (Lipinski definition) is 4. The van der Waals surface area contributed by atoms with E-state index in [1.165, 1.54) is 0 Å². The van der Waals surface area contributed by atoms with Gasteiger partial charge in [-0.1, -0.05) is 0 Å². The van der Waals surface area contributed by atoms with Crippen molar-refractivity contribution in [3.05, 3.63) is 0 Å². The van der Waals surface area contributed by atoms with Crippen LogP contribution in [0.5, 0.6) is 0 Å². The van der Waals surface area contributed by atoms with Gasteiger partial charge in [-0.3, -0.25) is 4.79 Å². The Labute approximate surface area is 83.5 Å². The number of nitrogens with one attached hydrogen (secondary N) is 2. The lowest BCUT2D eigenvalue weighted by atomic mass is 10.0. The Morgan fingerprint density at radius 2 is 2.21 bits per heavy atom. The van der Waals surface area contributed by atoms with Gasteiger partial charge in [0.25, 0.3) is 0 Å². The Morgan fingerprint density at radius 3 is 2.64 bits per heavy atom. The molecule has 1 unspecified atom stereocenters. The van der Waals surface area contributed by atoms with Gasteiger partial charge >= 0.3 is 0 Å². The maximum Gasteiger partial charge on any atom is 0.237 e. The van der Waals surface area contributed by atoms with Crippen molar-refractivity contribution in [2.45, 2.75) is 31.3 Å². The number of hydrogen-bond donors (Lipinski definition) is 4. The van der Waals surface area contributed by atoms with Crippen LogP contribution >= 0.6 is 0 Å². The smallest absolute Gasteiger partial charge is 0.237 e. The maximum absolute atomic E-state index is 11.6. The lowest BCUT2D eigenvalue weighted by molar-refractivity contribution is -0.125. The summed E-state index contributed by atoms with van der Waals surface area (Å²) in [5.41, 5.74) is -0.915. The molecular weight excluding hydrogens is 184 g/mol. The van der Waals surface area contributed by atoms with Crippen LogP contribution in [-0.4, -0.2) is 47.5 Å². The van der Waals surface area contributed by atoms with Crippen molar-refractivity contribution in [3.8, 4) is 0 Å². The average molecular weight is 202 g/mol. The molecule has 4 N–H and O–H groups in total. The van der Waals surface area contributed by atoms with Crippen LogP contribution in [0.4, 0.5) is 0 Å². The third-order valence-electron chi connectivity index (χ3n) is 2.50. The van der Waals surface area contributed by atoms with E-state index in [0.717, 1.165) is 19.4 Å². The number of aliphatic hydroxyl groups excluding tert-OH is 2. The minimum absolute atomic E-state index is 0.145. The summed E-state index contributed by atoms with van der Waals surface area (Å²) in [6.07, 6.45) is 1.81. The van der Waals surface area contributed by atoms with Gasteiger partial charge in [-0.25, -0.2) is 0 Å². The summed E-state index contributed by atoms with van der Waals surface area (Å²) in [6.45, 7) is 1.94. The molecule has 1 amide bonds. The fourth-order valence-electron chi connectivity index (χ4n) is 1.42. The first kappa shape index (κ1) is 11.4. The Hall–Kier alpha value is -0.650. The molecule has 0 saturated carbocycles. The molecule has 1 heterocycles. The van der Waals surface area contributed by atoms with E-state index >= 15 is 0 Å². The quantitative estimate of drug-likeness (QED) is 0.452. The van der Waals surface area contributed by atoms with Crippen LogP contribution in [0.3, 0.4) is 0 Å². The molecule has 1 rings (SSSR count). The summed E-state index contributed by atoms with van der Waals surface area (Å²) in [5, 5.41) is 23.6. The zero-order chi connectivity index (χ0) is 10.6. The van der Waals surface area contributed by atoms with E-state index in [4.69, 9.17) is 10.2 Å². The van der Waals surface area contributed by atoms with Crippen LogP contribution in [0.25, 0.3) is 0 Å². The van der Waals surface area contributed by atoms with Crippen molar-refractivity contribution in [1.82, 2.24) is 10.6 Å². The standard InChI is InChI=1S/C9H18N2O3/c1-9(5-12,6-13)11-8(14)7-3-2-4-10-7/h7,10,12-13H,2-6H2,1H3,(H,11,14). The number of rotatable bonds is 4. The molecule has 14 heavy (non-hydrogen) atoms. The molecule has 0 aromatic carbocycles. The summed E-state index contributed by atoms with van der Waals surface area (Å²) >= 11 is 0. The number of carbonyl (C=O) groups is 1. The fourth-order valence-corrected chi connectivity index (χ4v) is 1.42. The Morgan fingerprint density at radius 1 is 1.57 bits per heavy atom. The largest absolute Gasteiger partial charge is 0.394 e. The molecule has 82 valence electrons. The van der Waals surface area contributed by atoms with Gasteiger partial charge in [0.1, 0.15) is 0 Å². The summed E-state index contributed by atoms with van der Waals surface area (Å²) in [6, 6.07) is -0.174. The first-order valence-corrected chi connectivity index (χ1v) is 4.88. The third-order valence-corrected chi connectivity index (χ3v) is 2.50. The Balaban J connectivity index is 2.45. The molecule has 1 atom stereocenters. The summed E-state index contributed by atoms with van der Waals surface area (Å²) in [4.78, 5) is 11.6. The molecule has 0 aromatic rings. The maximum atomic E-state index is 11.6. The molecule has 1 fully saturated rings. The highest BCUT2D eigenvalue weighted by Crippen LogP contribution is 2.07. The van der Waals surface area contributed by atoms with Crippen LogP contribution in [-0.2, 0) is 4.79 Å². The van der Waals surface area contributed by atoms with Crippen LogP contribution in [0.2, 0.25) is 0 Å². The van der Waals surface area contributed by atoms with E-state index in [-0.39, 0.29) is 25.2 Å². The molecule has 0 bridgehead atoms. The minimum atomic E-state index is -0.915. The van der Waals surface area contributed by atoms with Gasteiger partial charge in [-0.2, -0.15) is 0 Å². The predicted octanol–water partition coefficient (Wildman–Crippen LogP) is -1.40.